The maximum absolute atomic E-state index is 9.84. The molecule has 3 aliphatic carbocycles. The number of anilines is 9. The van der Waals surface area contributed by atoms with E-state index in [0.29, 0.717) is 11.4 Å². The van der Waals surface area contributed by atoms with Gasteiger partial charge in [0.05, 0.1) is 23.9 Å². The van der Waals surface area contributed by atoms with Gasteiger partial charge >= 0.3 is 0 Å². The van der Waals surface area contributed by atoms with E-state index in [1.807, 2.05) is 23.1 Å². The lowest BCUT2D eigenvalue weighted by atomic mass is 9.35. The number of furan rings is 1. The first-order chi connectivity index (χ1) is 40.3. The fraction of sp³-hybridized carbons (Fsp3) is 0.368. The van der Waals surface area contributed by atoms with Crippen LogP contribution >= 0.6 is 0 Å². The fourth-order valence-corrected chi connectivity index (χ4v) is 15.2. The molecule has 2 aliphatic heterocycles. The Morgan fingerprint density at radius 3 is 1.62 bits per heavy atom. The van der Waals surface area contributed by atoms with Crippen LogP contribution in [0.5, 0.6) is 0 Å². The highest BCUT2D eigenvalue weighted by molar-refractivity contribution is 7.00. The largest absolute Gasteiger partial charge is 0.468 e. The highest BCUT2D eigenvalue weighted by Crippen LogP contribution is 2.56. The lowest BCUT2D eigenvalue weighted by Gasteiger charge is -2.47. The minimum Gasteiger partial charge on any atom is -0.468 e. The third kappa shape index (κ3) is 7.97. The molecule has 14 rings (SSSR count). The third-order valence-electron chi connectivity index (χ3n) is 20.6. The van der Waals surface area contributed by atoms with Crippen LogP contribution in [0.2, 0.25) is 0 Å². The quantitative estimate of drug-likeness (QED) is 0.160. The predicted molar refractivity (Wildman–Crippen MR) is 347 cm³/mol. The van der Waals surface area contributed by atoms with Crippen molar-refractivity contribution in [3.05, 3.63) is 190 Å². The molecule has 5 heteroatoms. The number of benzene rings is 8. The summed E-state index contributed by atoms with van der Waals surface area (Å²) in [5, 5.41) is 3.06. The van der Waals surface area contributed by atoms with Gasteiger partial charge < -0.3 is 19.1 Å². The first-order valence-corrected chi connectivity index (χ1v) is 30.0. The van der Waals surface area contributed by atoms with E-state index >= 15 is 0 Å². The average Bonchev–Trinajstić information content (AvgIpc) is 1.21. The van der Waals surface area contributed by atoms with Gasteiger partial charge in [0.2, 0.25) is 0 Å². The molecule has 0 spiro atoms. The van der Waals surface area contributed by atoms with Gasteiger partial charge in [-0.3, -0.25) is 0 Å². The molecular weight excluding hydrogens is 982 g/mol. The second kappa shape index (κ2) is 17.3. The molecule has 0 amide bonds. The first-order valence-electron chi connectivity index (χ1n) is 32.5. The maximum atomic E-state index is 9.84. The summed E-state index contributed by atoms with van der Waals surface area (Å²) in [5.41, 5.74) is 20.2. The molecule has 0 saturated carbocycles. The van der Waals surface area contributed by atoms with Crippen molar-refractivity contribution < 1.29 is 11.3 Å². The molecule has 0 radical (unpaired) electrons. The van der Waals surface area contributed by atoms with E-state index in [1.165, 1.54) is 44.4 Å². The number of nitrogens with zero attached hydrogens (tertiary/aromatic N) is 3. The summed E-state index contributed by atoms with van der Waals surface area (Å²) in [4.78, 5) is 6.92. The van der Waals surface area contributed by atoms with Crippen LogP contribution in [-0.2, 0) is 37.9 Å². The first kappa shape index (κ1) is 46.6. The van der Waals surface area contributed by atoms with Crippen LogP contribution in [0.15, 0.2) is 156 Å². The Balaban J connectivity index is 1.18. The fourth-order valence-electron chi connectivity index (χ4n) is 15.2. The van der Waals surface area contributed by atoms with Crippen molar-refractivity contribution in [2.75, 3.05) is 14.7 Å². The summed E-state index contributed by atoms with van der Waals surface area (Å²) in [6, 6.07) is 43.5. The Bertz CT molecular complexity index is 4360. The minimum atomic E-state index is -0.431. The van der Waals surface area contributed by atoms with E-state index in [0.717, 1.165) is 106 Å². The van der Waals surface area contributed by atoms with Crippen molar-refractivity contribution in [1.82, 2.24) is 0 Å². The molecule has 5 aliphatic rings. The molecule has 4 nitrogen and oxygen atoms in total. The van der Waals surface area contributed by atoms with Gasteiger partial charge in [-0.15, -0.1) is 0 Å². The van der Waals surface area contributed by atoms with E-state index in [1.54, 1.807) is 0 Å². The van der Waals surface area contributed by atoms with Crippen LogP contribution in [0.4, 0.5) is 51.2 Å². The molecule has 9 aromatic rings. The van der Waals surface area contributed by atoms with Gasteiger partial charge in [0, 0.05) is 45.2 Å². The van der Waals surface area contributed by atoms with Crippen molar-refractivity contribution >= 4 is 96.2 Å². The second-order valence-corrected chi connectivity index (χ2v) is 29.8. The van der Waals surface area contributed by atoms with Crippen LogP contribution in [0.3, 0.4) is 0 Å². The van der Waals surface area contributed by atoms with Gasteiger partial charge in [0.25, 0.3) is 6.71 Å². The SMILES string of the molecule is [2H]c1c([2H])c([2H])c(N(c2cc3c4c(c2)N(c2ccc(C(C)(C)C)cc2)c2c(oc5cc6c(cc25)C(C)(C)CCC6(C)C)B4c2cc4c(cc2N3c2ccc3c(c2)C(C)(C)CCC3(C)C)C(C)(C)CCC4(C)C)c2ccc3ccccc3c2)c([2H])c1[2H]. The van der Waals surface area contributed by atoms with Crippen molar-refractivity contribution in [2.24, 2.45) is 0 Å². The zero-order valence-electron chi connectivity index (χ0n) is 55.6. The second-order valence-electron chi connectivity index (χ2n) is 29.8. The van der Waals surface area contributed by atoms with Crippen molar-refractivity contribution in [3.63, 3.8) is 0 Å². The number of para-hydroxylation sites is 1. The number of fused-ring (bicyclic) bond motifs is 10. The average molecular weight is 1070 g/mol. The van der Waals surface area contributed by atoms with Crippen LogP contribution in [0.1, 0.15) is 188 Å². The van der Waals surface area contributed by atoms with Crippen LogP contribution in [-0.4, -0.2) is 6.71 Å². The number of hydrogen-bond acceptors (Lipinski definition) is 4. The van der Waals surface area contributed by atoms with Crippen molar-refractivity contribution in [3.8, 4) is 0 Å². The van der Waals surface area contributed by atoms with E-state index in [4.69, 9.17) is 5.79 Å². The highest BCUT2D eigenvalue weighted by atomic mass is 16.3. The molecule has 81 heavy (non-hydrogen) atoms. The standard InChI is InChI=1S/C76H82BN3O/c1-70(2,3)49-26-29-51(30-27-49)80-65-42-54(78(50-23-17-16-18-24-50)52-28-25-47-21-19-20-22-48(47)39-52)41-64-67(65)77(69-68(80)55-43-58-61(46-66(55)81-69)76(14,15)38-35-73(58,8)9)62-44-59-60(75(12,13)37-36-74(59,10)11)45-63(62)79(64)53-31-32-56-57(40-53)72(6,7)34-33-71(56,4)5/h16-32,39-46H,33-38H2,1-15H3/i16D,17D,18D,23D,24D. The summed E-state index contributed by atoms with van der Waals surface area (Å²) < 4.78 is 54.9. The van der Waals surface area contributed by atoms with Gasteiger partial charge in [-0.25, -0.2) is 0 Å². The molecule has 0 fully saturated rings. The Kier molecular flexibility index (Phi) is 9.95. The molecule has 0 N–H and O–H groups in total. The lowest BCUT2D eigenvalue weighted by Crippen LogP contribution is -2.61. The van der Waals surface area contributed by atoms with Gasteiger partial charge in [0.15, 0.2) is 0 Å². The van der Waals surface area contributed by atoms with Crippen LogP contribution in [0.25, 0.3) is 21.7 Å². The predicted octanol–water partition coefficient (Wildman–Crippen LogP) is 19.5. The van der Waals surface area contributed by atoms with Crippen molar-refractivity contribution in [2.45, 2.75) is 180 Å². The third-order valence-corrected chi connectivity index (χ3v) is 20.6. The Hall–Kier alpha value is -6.98. The van der Waals surface area contributed by atoms with Crippen LogP contribution < -0.4 is 31.3 Å². The summed E-state index contributed by atoms with van der Waals surface area (Å²) >= 11 is 0. The van der Waals surface area contributed by atoms with E-state index in [9.17, 15) is 5.48 Å². The maximum Gasteiger partial charge on any atom is 0.297 e. The summed E-state index contributed by atoms with van der Waals surface area (Å²) in [6.07, 6.45) is 6.41. The Labute approximate surface area is 490 Å². The molecule has 0 bridgehead atoms. The van der Waals surface area contributed by atoms with Gasteiger partial charge in [-0.05, 0) is 216 Å². The molecule has 8 aromatic carbocycles. The highest BCUT2D eigenvalue weighted by Gasteiger charge is 2.51. The molecule has 410 valence electrons. The summed E-state index contributed by atoms with van der Waals surface area (Å²) in [7, 11) is 0. The normalized spacial score (nSPS) is 20.1. The summed E-state index contributed by atoms with van der Waals surface area (Å²) in [5.74, 6) is 0. The van der Waals surface area contributed by atoms with E-state index in [-0.39, 0.29) is 74.5 Å². The van der Waals surface area contributed by atoms with Crippen molar-refractivity contribution in [1.29, 1.82) is 0 Å². The van der Waals surface area contributed by atoms with Crippen LogP contribution in [0, 0.1) is 0 Å². The summed E-state index contributed by atoms with van der Waals surface area (Å²) in [6.45, 7) is 35.3. The number of hydrogen-bond donors (Lipinski definition) is 0. The van der Waals surface area contributed by atoms with Gasteiger partial charge in [0.1, 0.15) is 5.58 Å². The molecule has 3 heterocycles. The Morgan fingerprint density at radius 1 is 0.469 bits per heavy atom. The zero-order valence-corrected chi connectivity index (χ0v) is 50.6. The lowest BCUT2D eigenvalue weighted by molar-refractivity contribution is 0.332. The zero-order chi connectivity index (χ0) is 61.1. The van der Waals surface area contributed by atoms with E-state index < -0.39 is 6.04 Å². The van der Waals surface area contributed by atoms with E-state index in [2.05, 4.69) is 217 Å². The number of rotatable bonds is 5. The van der Waals surface area contributed by atoms with Gasteiger partial charge in [-0.2, -0.15) is 0 Å². The molecule has 1 aromatic heterocycles. The topological polar surface area (TPSA) is 22.9 Å². The molecule has 0 saturated heterocycles. The molecule has 0 unspecified atom stereocenters. The monoisotopic (exact) mass is 1070 g/mol. The Morgan fingerprint density at radius 2 is 1.00 bits per heavy atom. The minimum absolute atomic E-state index is 0.0171. The molecular formula is C76H82BN3O. The molecule has 0 atom stereocenters. The smallest absolute Gasteiger partial charge is 0.297 e. The van der Waals surface area contributed by atoms with Gasteiger partial charge in [-0.1, -0.05) is 177 Å².